The summed E-state index contributed by atoms with van der Waals surface area (Å²) in [4.78, 5) is 14.5. The smallest absolute Gasteiger partial charge is 0.337 e. The molecule has 0 aliphatic carbocycles. The molecule has 0 saturated carbocycles. The van der Waals surface area contributed by atoms with Gasteiger partial charge in [-0.15, -0.1) is 0 Å². The molecule has 1 rings (SSSR count). The molecule has 4 nitrogen and oxygen atoms in total. The lowest BCUT2D eigenvalue weighted by molar-refractivity contribution is 0.0696. The van der Waals surface area contributed by atoms with Crippen molar-refractivity contribution in [2.45, 2.75) is 13.8 Å². The third-order valence-electron chi connectivity index (χ3n) is 1.80. The second kappa shape index (κ2) is 5.14. The van der Waals surface area contributed by atoms with Crippen molar-refractivity contribution in [3.63, 3.8) is 0 Å². The summed E-state index contributed by atoms with van der Waals surface area (Å²) in [5.41, 5.74) is 1.42. The van der Waals surface area contributed by atoms with Crippen molar-refractivity contribution in [1.29, 1.82) is 0 Å². The number of hydrogen-bond acceptors (Lipinski definition) is 3. The van der Waals surface area contributed by atoms with E-state index in [4.69, 9.17) is 5.11 Å². The summed E-state index contributed by atoms with van der Waals surface area (Å²) in [5, 5.41) is 11.7. The van der Waals surface area contributed by atoms with Crippen molar-refractivity contribution in [3.8, 4) is 0 Å². The molecule has 0 unspecified atom stereocenters. The van der Waals surface area contributed by atoms with Crippen LogP contribution >= 0.6 is 0 Å². The number of carboxylic acid groups (broad SMARTS) is 1. The van der Waals surface area contributed by atoms with Crippen LogP contribution in [0.15, 0.2) is 30.0 Å². The third kappa shape index (κ3) is 3.81. The first-order valence-corrected chi connectivity index (χ1v) is 4.66. The van der Waals surface area contributed by atoms with Crippen molar-refractivity contribution < 1.29 is 9.90 Å². The van der Waals surface area contributed by atoms with Gasteiger partial charge in [-0.2, -0.15) is 0 Å². The standard InChI is InChI=1S/C11H14N2O2/c1-8(2)5-6-12-10-4-3-9(7-13-10)11(14)15/h3-5,7H,6H2,1-2H3,(H,12,13)(H,14,15). The number of carbonyl (C=O) groups is 1. The van der Waals surface area contributed by atoms with Crippen LogP contribution < -0.4 is 5.32 Å². The van der Waals surface area contributed by atoms with Gasteiger partial charge >= 0.3 is 5.97 Å². The van der Waals surface area contributed by atoms with Gasteiger partial charge in [0.25, 0.3) is 0 Å². The monoisotopic (exact) mass is 206 g/mol. The van der Waals surface area contributed by atoms with Crippen LogP contribution in [0.1, 0.15) is 24.2 Å². The Kier molecular flexibility index (Phi) is 3.85. The molecule has 4 heteroatoms. The molecule has 0 aliphatic rings. The second-order valence-corrected chi connectivity index (χ2v) is 3.40. The Hall–Kier alpha value is -1.84. The lowest BCUT2D eigenvalue weighted by Gasteiger charge is -2.02. The predicted molar refractivity (Wildman–Crippen MR) is 59.1 cm³/mol. The van der Waals surface area contributed by atoms with Crippen LogP contribution in [0.3, 0.4) is 0 Å². The molecule has 0 atom stereocenters. The highest BCUT2D eigenvalue weighted by Gasteiger charge is 2.01. The number of hydrogen-bond donors (Lipinski definition) is 2. The molecule has 2 N–H and O–H groups in total. The molecule has 0 saturated heterocycles. The molecule has 1 heterocycles. The van der Waals surface area contributed by atoms with Gasteiger partial charge in [-0.3, -0.25) is 0 Å². The van der Waals surface area contributed by atoms with Crippen LogP contribution in [0.5, 0.6) is 0 Å². The Labute approximate surface area is 88.7 Å². The Morgan fingerprint density at radius 2 is 2.27 bits per heavy atom. The van der Waals surface area contributed by atoms with Gasteiger partial charge in [0.2, 0.25) is 0 Å². The largest absolute Gasteiger partial charge is 0.478 e. The minimum Gasteiger partial charge on any atom is -0.478 e. The zero-order valence-corrected chi connectivity index (χ0v) is 8.82. The molecule has 0 amide bonds. The number of pyridine rings is 1. The van der Waals surface area contributed by atoms with E-state index in [-0.39, 0.29) is 5.56 Å². The molecule has 80 valence electrons. The van der Waals surface area contributed by atoms with E-state index < -0.39 is 5.97 Å². The maximum atomic E-state index is 10.5. The van der Waals surface area contributed by atoms with Gasteiger partial charge in [-0.1, -0.05) is 11.6 Å². The number of aromatic carboxylic acids is 1. The number of carboxylic acids is 1. The molecule has 0 fully saturated rings. The number of rotatable bonds is 4. The van der Waals surface area contributed by atoms with Crippen molar-refractivity contribution >= 4 is 11.8 Å². The van der Waals surface area contributed by atoms with Gasteiger partial charge < -0.3 is 10.4 Å². The van der Waals surface area contributed by atoms with Crippen molar-refractivity contribution in [2.24, 2.45) is 0 Å². The number of aromatic nitrogens is 1. The summed E-state index contributed by atoms with van der Waals surface area (Å²) >= 11 is 0. The molecule has 1 aromatic rings. The summed E-state index contributed by atoms with van der Waals surface area (Å²) < 4.78 is 0. The summed E-state index contributed by atoms with van der Waals surface area (Å²) in [6, 6.07) is 3.18. The third-order valence-corrected chi connectivity index (χ3v) is 1.80. The van der Waals surface area contributed by atoms with Gasteiger partial charge in [-0.05, 0) is 26.0 Å². The average Bonchev–Trinajstić information content (AvgIpc) is 2.18. The van der Waals surface area contributed by atoms with E-state index in [1.807, 2.05) is 19.9 Å². The zero-order chi connectivity index (χ0) is 11.3. The van der Waals surface area contributed by atoms with Crippen LogP contribution in [-0.4, -0.2) is 22.6 Å². The van der Waals surface area contributed by atoms with Crippen LogP contribution in [-0.2, 0) is 0 Å². The van der Waals surface area contributed by atoms with Gasteiger partial charge in [0.05, 0.1) is 5.56 Å². The topological polar surface area (TPSA) is 62.2 Å². The zero-order valence-electron chi connectivity index (χ0n) is 8.82. The minimum absolute atomic E-state index is 0.197. The fourth-order valence-corrected chi connectivity index (χ4v) is 0.985. The highest BCUT2D eigenvalue weighted by Crippen LogP contribution is 2.04. The summed E-state index contributed by atoms with van der Waals surface area (Å²) in [6.45, 7) is 4.73. The van der Waals surface area contributed by atoms with Gasteiger partial charge in [0.1, 0.15) is 5.82 Å². The fraction of sp³-hybridized carbons (Fsp3) is 0.273. The molecule has 0 aliphatic heterocycles. The molecule has 0 spiro atoms. The van der Waals surface area contributed by atoms with E-state index in [1.165, 1.54) is 17.8 Å². The first-order valence-electron chi connectivity index (χ1n) is 4.66. The summed E-state index contributed by atoms with van der Waals surface area (Å²) in [7, 11) is 0. The average molecular weight is 206 g/mol. The van der Waals surface area contributed by atoms with Crippen LogP contribution in [0.2, 0.25) is 0 Å². The second-order valence-electron chi connectivity index (χ2n) is 3.40. The SMILES string of the molecule is CC(C)=CCNc1ccc(C(=O)O)cn1. The Balaban J connectivity index is 2.57. The summed E-state index contributed by atoms with van der Waals surface area (Å²) in [6.07, 6.45) is 3.37. The quantitative estimate of drug-likeness (QED) is 0.741. The predicted octanol–water partition coefficient (Wildman–Crippen LogP) is 2.16. The fourth-order valence-electron chi connectivity index (χ4n) is 0.985. The van der Waals surface area contributed by atoms with E-state index in [1.54, 1.807) is 6.07 Å². The van der Waals surface area contributed by atoms with Gasteiger partial charge in [-0.25, -0.2) is 9.78 Å². The minimum atomic E-state index is -0.960. The van der Waals surface area contributed by atoms with Crippen LogP contribution in [0, 0.1) is 0 Å². The molecule has 0 radical (unpaired) electrons. The molecular formula is C11H14N2O2. The van der Waals surface area contributed by atoms with Crippen molar-refractivity contribution in [2.75, 3.05) is 11.9 Å². The number of anilines is 1. The Morgan fingerprint density at radius 1 is 1.53 bits per heavy atom. The highest BCUT2D eigenvalue weighted by molar-refractivity contribution is 5.87. The number of nitrogens with one attached hydrogen (secondary N) is 1. The Bertz CT molecular complexity index is 365. The molecule has 15 heavy (non-hydrogen) atoms. The van der Waals surface area contributed by atoms with Gasteiger partial charge in [0, 0.05) is 12.7 Å². The number of nitrogens with zero attached hydrogens (tertiary/aromatic N) is 1. The van der Waals surface area contributed by atoms with Gasteiger partial charge in [0.15, 0.2) is 0 Å². The lowest BCUT2D eigenvalue weighted by atomic mass is 10.3. The van der Waals surface area contributed by atoms with Crippen molar-refractivity contribution in [3.05, 3.63) is 35.5 Å². The van der Waals surface area contributed by atoms with Crippen LogP contribution in [0.25, 0.3) is 0 Å². The molecule has 0 bridgehead atoms. The van der Waals surface area contributed by atoms with E-state index in [0.717, 1.165) is 0 Å². The van der Waals surface area contributed by atoms with E-state index >= 15 is 0 Å². The van der Waals surface area contributed by atoms with Crippen molar-refractivity contribution in [1.82, 2.24) is 4.98 Å². The molecule has 1 aromatic heterocycles. The van der Waals surface area contributed by atoms with E-state index in [0.29, 0.717) is 12.4 Å². The first kappa shape index (κ1) is 11.2. The maximum Gasteiger partial charge on any atom is 0.337 e. The van der Waals surface area contributed by atoms with E-state index in [2.05, 4.69) is 10.3 Å². The normalized spacial score (nSPS) is 9.47. The summed E-state index contributed by atoms with van der Waals surface area (Å²) in [5.74, 6) is -0.282. The molecule has 0 aromatic carbocycles. The van der Waals surface area contributed by atoms with Crippen LogP contribution in [0.4, 0.5) is 5.82 Å². The lowest BCUT2D eigenvalue weighted by Crippen LogP contribution is -2.03. The highest BCUT2D eigenvalue weighted by atomic mass is 16.4. The maximum absolute atomic E-state index is 10.5. The van der Waals surface area contributed by atoms with E-state index in [9.17, 15) is 4.79 Å². The Morgan fingerprint density at radius 3 is 2.73 bits per heavy atom. The molecular weight excluding hydrogens is 192 g/mol. The first-order chi connectivity index (χ1) is 7.09. The number of allylic oxidation sites excluding steroid dienone is 1.